The number of phenolic OH excluding ortho intramolecular Hbond substituents is 2. The lowest BCUT2D eigenvalue weighted by Gasteiger charge is -2.30. The summed E-state index contributed by atoms with van der Waals surface area (Å²) in [7, 11) is 0. The maximum absolute atomic E-state index is 12.6. The van der Waals surface area contributed by atoms with E-state index in [-0.39, 0.29) is 41.4 Å². The van der Waals surface area contributed by atoms with Gasteiger partial charge in [-0.1, -0.05) is 12.1 Å². The predicted molar refractivity (Wildman–Crippen MR) is 94.5 cm³/mol. The molecule has 0 radical (unpaired) electrons. The molecule has 0 amide bonds. The SMILES string of the molecule is CC(C)(O)[C@@H](O)Cc1c(O)ccc2c1O[C@H](c1ccc(O)cc1)CC2=O. The van der Waals surface area contributed by atoms with E-state index in [0.29, 0.717) is 5.56 Å². The average Bonchev–Trinajstić information content (AvgIpc) is 2.57. The highest BCUT2D eigenvalue weighted by Gasteiger charge is 2.33. The van der Waals surface area contributed by atoms with Crippen molar-refractivity contribution in [2.45, 2.75) is 44.5 Å². The second kappa shape index (κ2) is 6.63. The quantitative estimate of drug-likeness (QED) is 0.669. The van der Waals surface area contributed by atoms with Crippen LogP contribution in [0.2, 0.25) is 0 Å². The summed E-state index contributed by atoms with van der Waals surface area (Å²) in [6, 6.07) is 9.27. The summed E-state index contributed by atoms with van der Waals surface area (Å²) >= 11 is 0. The van der Waals surface area contributed by atoms with Crippen LogP contribution in [0.3, 0.4) is 0 Å². The van der Waals surface area contributed by atoms with Gasteiger partial charge in [0.2, 0.25) is 0 Å². The molecular formula is C20H22O6. The second-order valence-corrected chi connectivity index (χ2v) is 7.14. The van der Waals surface area contributed by atoms with E-state index >= 15 is 0 Å². The first-order chi connectivity index (χ1) is 12.2. The zero-order valence-corrected chi connectivity index (χ0v) is 14.6. The van der Waals surface area contributed by atoms with Crippen LogP contribution in [0.5, 0.6) is 17.2 Å². The van der Waals surface area contributed by atoms with Gasteiger partial charge in [-0.25, -0.2) is 0 Å². The summed E-state index contributed by atoms with van der Waals surface area (Å²) in [4.78, 5) is 12.6. The number of aliphatic hydroxyl groups excluding tert-OH is 1. The molecule has 6 nitrogen and oxygen atoms in total. The number of ether oxygens (including phenoxy) is 1. The van der Waals surface area contributed by atoms with E-state index in [1.54, 1.807) is 12.1 Å². The topological polar surface area (TPSA) is 107 Å². The Morgan fingerprint density at radius 3 is 2.42 bits per heavy atom. The zero-order valence-electron chi connectivity index (χ0n) is 14.6. The summed E-state index contributed by atoms with van der Waals surface area (Å²) in [5.41, 5.74) is -0.0200. The highest BCUT2D eigenvalue weighted by atomic mass is 16.5. The number of phenols is 2. The van der Waals surface area contributed by atoms with Crippen LogP contribution >= 0.6 is 0 Å². The van der Waals surface area contributed by atoms with Crippen molar-refractivity contribution >= 4 is 5.78 Å². The first kappa shape index (κ1) is 18.2. The Bertz CT molecular complexity index is 819. The Morgan fingerprint density at radius 2 is 1.81 bits per heavy atom. The molecular weight excluding hydrogens is 336 g/mol. The van der Waals surface area contributed by atoms with Gasteiger partial charge in [0, 0.05) is 12.0 Å². The molecule has 138 valence electrons. The number of Topliss-reactive ketones (excluding diaryl/α,β-unsaturated/α-hetero) is 1. The van der Waals surface area contributed by atoms with Crippen LogP contribution in [0.15, 0.2) is 36.4 Å². The minimum Gasteiger partial charge on any atom is -0.508 e. The number of carbonyl (C=O) groups is 1. The van der Waals surface area contributed by atoms with Crippen LogP contribution in [-0.2, 0) is 6.42 Å². The monoisotopic (exact) mass is 358 g/mol. The Hall–Kier alpha value is -2.57. The van der Waals surface area contributed by atoms with Crippen LogP contribution in [0.1, 0.15) is 47.9 Å². The van der Waals surface area contributed by atoms with Gasteiger partial charge < -0.3 is 25.2 Å². The number of benzene rings is 2. The van der Waals surface area contributed by atoms with Crippen LogP contribution in [0, 0.1) is 0 Å². The molecule has 1 aliphatic heterocycles. The smallest absolute Gasteiger partial charge is 0.170 e. The van der Waals surface area contributed by atoms with E-state index in [4.69, 9.17) is 4.74 Å². The molecule has 0 aromatic heterocycles. The Morgan fingerprint density at radius 1 is 1.15 bits per heavy atom. The maximum Gasteiger partial charge on any atom is 0.170 e. The third-order valence-corrected chi connectivity index (χ3v) is 4.64. The van der Waals surface area contributed by atoms with Crippen LogP contribution < -0.4 is 4.74 Å². The summed E-state index contributed by atoms with van der Waals surface area (Å²) in [6.45, 7) is 2.94. The molecule has 0 spiro atoms. The van der Waals surface area contributed by atoms with Gasteiger partial charge in [0.15, 0.2) is 5.78 Å². The molecule has 2 aromatic rings. The molecule has 0 aliphatic carbocycles. The van der Waals surface area contributed by atoms with E-state index in [0.717, 1.165) is 5.56 Å². The first-order valence-corrected chi connectivity index (χ1v) is 8.41. The standard InChI is InChI=1S/C20H22O6/c1-20(2,25)18(24)9-14-15(22)8-7-13-16(23)10-17(26-19(13)14)11-3-5-12(21)6-4-11/h3-8,17-18,21-22,24-25H,9-10H2,1-2H3/t17-,18-/m0/s1. The number of ketones is 1. The normalized spacial score (nSPS) is 18.2. The molecule has 0 saturated carbocycles. The van der Waals surface area contributed by atoms with Gasteiger partial charge in [-0.3, -0.25) is 4.79 Å². The molecule has 0 fully saturated rings. The van der Waals surface area contributed by atoms with Crippen LogP contribution in [-0.4, -0.2) is 37.9 Å². The molecule has 0 unspecified atom stereocenters. The molecule has 1 heterocycles. The van der Waals surface area contributed by atoms with Gasteiger partial charge in [0.05, 0.1) is 23.7 Å². The Balaban J connectivity index is 1.99. The molecule has 6 heteroatoms. The fourth-order valence-corrected chi connectivity index (χ4v) is 2.95. The van der Waals surface area contributed by atoms with Crippen molar-refractivity contribution in [2.75, 3.05) is 0 Å². The number of aliphatic hydroxyl groups is 2. The number of carbonyl (C=O) groups excluding carboxylic acids is 1. The average molecular weight is 358 g/mol. The maximum atomic E-state index is 12.6. The Kier molecular flexibility index (Phi) is 4.64. The van der Waals surface area contributed by atoms with Crippen molar-refractivity contribution in [2.24, 2.45) is 0 Å². The molecule has 4 N–H and O–H groups in total. The first-order valence-electron chi connectivity index (χ1n) is 8.41. The lowest BCUT2D eigenvalue weighted by atomic mass is 9.90. The van der Waals surface area contributed by atoms with Crippen molar-refractivity contribution in [1.29, 1.82) is 0 Å². The molecule has 2 aromatic carbocycles. The molecule has 0 bridgehead atoms. The van der Waals surface area contributed by atoms with E-state index < -0.39 is 17.8 Å². The van der Waals surface area contributed by atoms with Gasteiger partial charge in [-0.2, -0.15) is 0 Å². The van der Waals surface area contributed by atoms with Crippen LogP contribution in [0.25, 0.3) is 0 Å². The molecule has 2 atom stereocenters. The number of rotatable bonds is 4. The minimum absolute atomic E-state index is 0.0614. The van der Waals surface area contributed by atoms with Gasteiger partial charge >= 0.3 is 0 Å². The van der Waals surface area contributed by atoms with Crippen molar-refractivity contribution < 1.29 is 30.0 Å². The highest BCUT2D eigenvalue weighted by Crippen LogP contribution is 2.41. The Labute approximate surface area is 151 Å². The predicted octanol–water partition coefficient (Wildman–Crippen LogP) is 2.48. The molecule has 26 heavy (non-hydrogen) atoms. The minimum atomic E-state index is -1.37. The van der Waals surface area contributed by atoms with E-state index in [1.165, 1.54) is 38.1 Å². The number of aromatic hydroxyl groups is 2. The third kappa shape index (κ3) is 3.52. The van der Waals surface area contributed by atoms with Crippen LogP contribution in [0.4, 0.5) is 0 Å². The molecule has 1 aliphatic rings. The van der Waals surface area contributed by atoms with E-state index in [1.807, 2.05) is 0 Å². The fourth-order valence-electron chi connectivity index (χ4n) is 2.95. The lowest BCUT2D eigenvalue weighted by molar-refractivity contribution is -0.0474. The molecule has 3 rings (SSSR count). The van der Waals surface area contributed by atoms with Gasteiger partial charge in [0.1, 0.15) is 23.4 Å². The van der Waals surface area contributed by atoms with Gasteiger partial charge in [-0.05, 0) is 43.7 Å². The fraction of sp³-hybridized carbons (Fsp3) is 0.350. The molecule has 0 saturated heterocycles. The summed E-state index contributed by atoms with van der Waals surface area (Å²) in [6.07, 6.45) is -1.63. The lowest BCUT2D eigenvalue weighted by Crippen LogP contribution is -2.37. The second-order valence-electron chi connectivity index (χ2n) is 7.14. The summed E-state index contributed by atoms with van der Waals surface area (Å²) < 4.78 is 6.00. The number of hydrogen-bond donors (Lipinski definition) is 4. The zero-order chi connectivity index (χ0) is 19.1. The van der Waals surface area contributed by atoms with E-state index in [2.05, 4.69) is 0 Å². The van der Waals surface area contributed by atoms with Gasteiger partial charge in [-0.15, -0.1) is 0 Å². The number of fused-ring (bicyclic) bond motifs is 1. The van der Waals surface area contributed by atoms with Crippen molar-refractivity contribution in [3.05, 3.63) is 53.1 Å². The van der Waals surface area contributed by atoms with Crippen molar-refractivity contribution in [3.63, 3.8) is 0 Å². The van der Waals surface area contributed by atoms with E-state index in [9.17, 15) is 25.2 Å². The highest BCUT2D eigenvalue weighted by molar-refractivity contribution is 6.00. The summed E-state index contributed by atoms with van der Waals surface area (Å²) in [5.74, 6) is 0.0973. The summed E-state index contributed by atoms with van der Waals surface area (Å²) in [5, 5.41) is 39.9. The third-order valence-electron chi connectivity index (χ3n) is 4.64. The van der Waals surface area contributed by atoms with Crippen molar-refractivity contribution in [1.82, 2.24) is 0 Å². The number of hydrogen-bond acceptors (Lipinski definition) is 6. The largest absolute Gasteiger partial charge is 0.508 e. The van der Waals surface area contributed by atoms with Crippen molar-refractivity contribution in [3.8, 4) is 17.2 Å². The van der Waals surface area contributed by atoms with Gasteiger partial charge in [0.25, 0.3) is 0 Å².